The van der Waals surface area contributed by atoms with E-state index in [2.05, 4.69) is 35.2 Å². The Kier molecular flexibility index (Phi) is 6.07. The van der Waals surface area contributed by atoms with Crippen LogP contribution in [0.1, 0.15) is 36.0 Å². The number of carbonyl (C=O) groups excluding carboxylic acids is 2. The molecule has 0 unspecified atom stereocenters. The standard InChI is InChI=1S/C28H33N3O2/c1-29(2)27(32)22-10-7-15-31(19-22)23-13-16-30(17-14-23)28(33)26-24-11-5-3-8-20(24)18-21-9-4-6-12-25(21)26/h3-6,8-9,11-12,18,22-23H,7,10,13-17,19H2,1-2H3/t22-/m1/s1. The lowest BCUT2D eigenvalue weighted by Crippen LogP contribution is -2.51. The van der Waals surface area contributed by atoms with Crippen LogP contribution in [0.15, 0.2) is 54.6 Å². The van der Waals surface area contributed by atoms with Crippen molar-refractivity contribution in [2.24, 2.45) is 5.92 Å². The molecule has 1 atom stereocenters. The summed E-state index contributed by atoms with van der Waals surface area (Å²) in [7, 11) is 3.70. The molecule has 0 aliphatic carbocycles. The molecule has 0 bridgehead atoms. The van der Waals surface area contributed by atoms with Gasteiger partial charge >= 0.3 is 0 Å². The number of hydrogen-bond acceptors (Lipinski definition) is 3. The van der Waals surface area contributed by atoms with E-state index in [-0.39, 0.29) is 17.7 Å². The summed E-state index contributed by atoms with van der Waals surface area (Å²) in [5.41, 5.74) is 0.830. The van der Waals surface area contributed by atoms with Crippen LogP contribution in [0.2, 0.25) is 0 Å². The Labute approximate surface area is 195 Å². The Balaban J connectivity index is 1.33. The monoisotopic (exact) mass is 443 g/mol. The molecule has 0 aromatic heterocycles. The highest BCUT2D eigenvalue weighted by Crippen LogP contribution is 2.31. The van der Waals surface area contributed by atoms with Crippen molar-refractivity contribution < 1.29 is 9.59 Å². The van der Waals surface area contributed by atoms with Crippen molar-refractivity contribution in [3.63, 3.8) is 0 Å². The maximum Gasteiger partial charge on any atom is 0.255 e. The number of amides is 2. The summed E-state index contributed by atoms with van der Waals surface area (Å²) in [6.45, 7) is 3.45. The summed E-state index contributed by atoms with van der Waals surface area (Å²) < 4.78 is 0. The average Bonchev–Trinajstić information content (AvgIpc) is 2.86. The molecule has 2 amide bonds. The van der Waals surface area contributed by atoms with Crippen molar-refractivity contribution >= 4 is 33.4 Å². The van der Waals surface area contributed by atoms with E-state index in [9.17, 15) is 9.59 Å². The minimum Gasteiger partial charge on any atom is -0.349 e. The van der Waals surface area contributed by atoms with Gasteiger partial charge in [0.2, 0.25) is 5.91 Å². The van der Waals surface area contributed by atoms with Gasteiger partial charge in [-0.15, -0.1) is 0 Å². The van der Waals surface area contributed by atoms with Crippen LogP contribution < -0.4 is 0 Å². The number of nitrogens with zero attached hydrogens (tertiary/aromatic N) is 3. The molecule has 2 aliphatic rings. The lowest BCUT2D eigenvalue weighted by atomic mass is 9.92. The van der Waals surface area contributed by atoms with Crippen molar-refractivity contribution in [3.8, 4) is 0 Å². The molecule has 0 radical (unpaired) electrons. The maximum atomic E-state index is 13.8. The number of hydrogen-bond donors (Lipinski definition) is 0. The molecule has 0 N–H and O–H groups in total. The Hall–Kier alpha value is -2.92. The van der Waals surface area contributed by atoms with Gasteiger partial charge < -0.3 is 9.80 Å². The lowest BCUT2D eigenvalue weighted by molar-refractivity contribution is -0.135. The topological polar surface area (TPSA) is 43.9 Å². The first-order valence-corrected chi connectivity index (χ1v) is 12.2. The molecule has 2 fully saturated rings. The summed E-state index contributed by atoms with van der Waals surface area (Å²) in [4.78, 5) is 32.5. The third kappa shape index (κ3) is 4.22. The third-order valence-corrected chi connectivity index (χ3v) is 7.50. The van der Waals surface area contributed by atoms with E-state index < -0.39 is 0 Å². The zero-order valence-corrected chi connectivity index (χ0v) is 19.7. The van der Waals surface area contributed by atoms with E-state index in [4.69, 9.17) is 0 Å². The molecule has 0 spiro atoms. The van der Waals surface area contributed by atoms with E-state index in [1.807, 2.05) is 43.3 Å². The van der Waals surface area contributed by atoms with Crippen molar-refractivity contribution in [2.45, 2.75) is 31.7 Å². The fourth-order valence-electron chi connectivity index (χ4n) is 5.74. The molecule has 3 aromatic rings. The largest absolute Gasteiger partial charge is 0.349 e. The smallest absolute Gasteiger partial charge is 0.255 e. The van der Waals surface area contributed by atoms with E-state index in [0.717, 1.165) is 79.0 Å². The summed E-state index contributed by atoms with van der Waals surface area (Å²) in [5, 5.41) is 4.28. The van der Waals surface area contributed by atoms with Crippen molar-refractivity contribution in [1.82, 2.24) is 14.7 Å². The molecule has 172 valence electrons. The van der Waals surface area contributed by atoms with Gasteiger partial charge in [-0.2, -0.15) is 0 Å². The minimum atomic E-state index is 0.107. The van der Waals surface area contributed by atoms with Crippen LogP contribution in [0.5, 0.6) is 0 Å². The summed E-state index contributed by atoms with van der Waals surface area (Å²) in [5.74, 6) is 0.492. The van der Waals surface area contributed by atoms with Crippen LogP contribution in [0.4, 0.5) is 0 Å². The predicted octanol–water partition coefficient (Wildman–Crippen LogP) is 4.40. The lowest BCUT2D eigenvalue weighted by Gasteiger charge is -2.42. The number of fused-ring (bicyclic) bond motifs is 2. The van der Waals surface area contributed by atoms with Gasteiger partial charge in [0.1, 0.15) is 0 Å². The van der Waals surface area contributed by atoms with Gasteiger partial charge in [0.25, 0.3) is 5.91 Å². The van der Waals surface area contributed by atoms with Crippen LogP contribution in [-0.4, -0.2) is 72.8 Å². The molecule has 5 nitrogen and oxygen atoms in total. The molecule has 2 heterocycles. The second-order valence-corrected chi connectivity index (χ2v) is 9.78. The second-order valence-electron chi connectivity index (χ2n) is 9.78. The Morgan fingerprint density at radius 1 is 0.848 bits per heavy atom. The van der Waals surface area contributed by atoms with Gasteiger partial charge in [-0.25, -0.2) is 0 Å². The van der Waals surface area contributed by atoms with Crippen molar-refractivity contribution in [2.75, 3.05) is 40.3 Å². The van der Waals surface area contributed by atoms with Gasteiger partial charge in [0.15, 0.2) is 0 Å². The molecular formula is C28H33N3O2. The quantitative estimate of drug-likeness (QED) is 0.564. The van der Waals surface area contributed by atoms with Crippen LogP contribution in [-0.2, 0) is 4.79 Å². The summed E-state index contributed by atoms with van der Waals surface area (Å²) in [6.07, 6.45) is 4.00. The Morgan fingerprint density at radius 2 is 1.45 bits per heavy atom. The summed E-state index contributed by atoms with van der Waals surface area (Å²) >= 11 is 0. The maximum absolute atomic E-state index is 13.8. The molecule has 33 heavy (non-hydrogen) atoms. The van der Waals surface area contributed by atoms with E-state index in [0.29, 0.717) is 6.04 Å². The average molecular weight is 444 g/mol. The third-order valence-electron chi connectivity index (χ3n) is 7.50. The number of benzene rings is 3. The van der Waals surface area contributed by atoms with Gasteiger partial charge in [-0.3, -0.25) is 14.5 Å². The highest BCUT2D eigenvalue weighted by atomic mass is 16.2. The second kappa shape index (κ2) is 9.14. The zero-order chi connectivity index (χ0) is 22.9. The van der Waals surface area contributed by atoms with Crippen molar-refractivity contribution in [1.29, 1.82) is 0 Å². The fraction of sp³-hybridized carbons (Fsp3) is 0.429. The van der Waals surface area contributed by atoms with Gasteiger partial charge in [0, 0.05) is 39.8 Å². The normalized spacial score (nSPS) is 20.3. The summed E-state index contributed by atoms with van der Waals surface area (Å²) in [6, 6.07) is 19.0. The highest BCUT2D eigenvalue weighted by molar-refractivity contribution is 6.18. The number of carbonyl (C=O) groups is 2. The Morgan fingerprint density at radius 3 is 2.06 bits per heavy atom. The first-order chi connectivity index (χ1) is 16.0. The molecular weight excluding hydrogens is 410 g/mol. The molecule has 2 saturated heterocycles. The zero-order valence-electron chi connectivity index (χ0n) is 19.7. The number of piperidine rings is 2. The highest BCUT2D eigenvalue weighted by Gasteiger charge is 2.33. The Bertz CT molecular complexity index is 1130. The molecule has 5 heteroatoms. The van der Waals surface area contributed by atoms with Crippen molar-refractivity contribution in [3.05, 3.63) is 60.2 Å². The predicted molar refractivity (Wildman–Crippen MR) is 133 cm³/mol. The first-order valence-electron chi connectivity index (χ1n) is 12.2. The van der Waals surface area contributed by atoms with Crippen LogP contribution in [0.25, 0.3) is 21.5 Å². The van der Waals surface area contributed by atoms with E-state index in [1.165, 1.54) is 0 Å². The number of rotatable bonds is 3. The van der Waals surface area contributed by atoms with Gasteiger partial charge in [-0.05, 0) is 59.8 Å². The molecule has 0 saturated carbocycles. The number of likely N-dealkylation sites (tertiary alicyclic amines) is 2. The molecule has 5 rings (SSSR count). The van der Waals surface area contributed by atoms with Crippen LogP contribution in [0.3, 0.4) is 0 Å². The molecule has 2 aliphatic heterocycles. The van der Waals surface area contributed by atoms with E-state index in [1.54, 1.807) is 4.90 Å². The fourth-order valence-corrected chi connectivity index (χ4v) is 5.74. The SMILES string of the molecule is CN(C)C(=O)[C@@H]1CCCN(C2CCN(C(=O)c3c4ccccc4cc4ccccc34)CC2)C1. The van der Waals surface area contributed by atoms with E-state index >= 15 is 0 Å². The first kappa shape index (κ1) is 21.9. The van der Waals surface area contributed by atoms with Gasteiger partial charge in [-0.1, -0.05) is 48.5 Å². The molecule has 3 aromatic carbocycles. The van der Waals surface area contributed by atoms with Gasteiger partial charge in [0.05, 0.1) is 11.5 Å². The van der Waals surface area contributed by atoms with Crippen LogP contribution >= 0.6 is 0 Å². The minimum absolute atomic E-state index is 0.107. The van der Waals surface area contributed by atoms with Crippen LogP contribution in [0, 0.1) is 5.92 Å².